The zero-order chi connectivity index (χ0) is 16.9. The van der Waals surface area contributed by atoms with E-state index in [4.69, 9.17) is 0 Å². The van der Waals surface area contributed by atoms with Crippen molar-refractivity contribution in [3.05, 3.63) is 24.3 Å². The van der Waals surface area contributed by atoms with Crippen molar-refractivity contribution >= 4 is 11.6 Å². The predicted molar refractivity (Wildman–Crippen MR) is 83.3 cm³/mol. The summed E-state index contributed by atoms with van der Waals surface area (Å²) in [6, 6.07) is 6.08. The molecule has 22 heavy (non-hydrogen) atoms. The van der Waals surface area contributed by atoms with E-state index >= 15 is 0 Å². The van der Waals surface area contributed by atoms with E-state index in [1.807, 2.05) is 11.9 Å². The zero-order valence-electron chi connectivity index (χ0n) is 13.7. The lowest BCUT2D eigenvalue weighted by Gasteiger charge is -2.34. The Morgan fingerprint density at radius 2 is 1.82 bits per heavy atom. The summed E-state index contributed by atoms with van der Waals surface area (Å²) in [7, 11) is 1.90. The van der Waals surface area contributed by atoms with Crippen LogP contribution in [0.4, 0.5) is 14.5 Å². The molecule has 0 aliphatic carbocycles. The Bertz CT molecular complexity index is 484. The number of anilines is 1. The van der Waals surface area contributed by atoms with E-state index < -0.39 is 6.61 Å². The van der Waals surface area contributed by atoms with Gasteiger partial charge in [-0.25, -0.2) is 0 Å². The van der Waals surface area contributed by atoms with Gasteiger partial charge in [-0.1, -0.05) is 20.8 Å². The number of amides is 1. The molecule has 0 aromatic heterocycles. The molecular formula is C16H24F2N2O2. The lowest BCUT2D eigenvalue weighted by atomic mass is 9.87. The van der Waals surface area contributed by atoms with Crippen LogP contribution in [0.25, 0.3) is 0 Å². The second-order valence-electron chi connectivity index (χ2n) is 6.41. The molecule has 0 aliphatic heterocycles. The fourth-order valence-corrected chi connectivity index (χ4v) is 1.94. The molecule has 124 valence electrons. The third-order valence-corrected chi connectivity index (χ3v) is 3.67. The molecule has 0 spiro atoms. The Kier molecular flexibility index (Phi) is 6.29. The number of alkyl halides is 2. The molecule has 1 aromatic rings. The van der Waals surface area contributed by atoms with Crippen molar-refractivity contribution in [1.29, 1.82) is 0 Å². The highest BCUT2D eigenvalue weighted by Gasteiger charge is 2.24. The number of hydrogen-bond donors (Lipinski definition) is 1. The number of nitrogens with one attached hydrogen (secondary N) is 1. The second-order valence-corrected chi connectivity index (χ2v) is 6.41. The fraction of sp³-hybridized carbons (Fsp3) is 0.562. The summed E-state index contributed by atoms with van der Waals surface area (Å²) in [6.07, 6.45) is 0. The first kappa shape index (κ1) is 18.4. The van der Waals surface area contributed by atoms with E-state index in [1.165, 1.54) is 24.3 Å². The van der Waals surface area contributed by atoms with Crippen LogP contribution >= 0.6 is 0 Å². The topological polar surface area (TPSA) is 41.6 Å². The van der Waals surface area contributed by atoms with Crippen LogP contribution in [0, 0.1) is 5.41 Å². The monoisotopic (exact) mass is 314 g/mol. The second kappa shape index (κ2) is 7.54. The number of carbonyl (C=O) groups is 1. The van der Waals surface area contributed by atoms with Gasteiger partial charge < -0.3 is 10.1 Å². The Morgan fingerprint density at radius 3 is 2.27 bits per heavy atom. The maximum Gasteiger partial charge on any atom is 0.387 e. The van der Waals surface area contributed by atoms with Crippen molar-refractivity contribution < 1.29 is 18.3 Å². The van der Waals surface area contributed by atoms with Crippen LogP contribution in [0.1, 0.15) is 27.7 Å². The molecule has 0 saturated carbocycles. The summed E-state index contributed by atoms with van der Waals surface area (Å²) in [6.45, 7) is 5.83. The average Bonchev–Trinajstić information content (AvgIpc) is 2.38. The van der Waals surface area contributed by atoms with Crippen LogP contribution < -0.4 is 10.1 Å². The van der Waals surface area contributed by atoms with Gasteiger partial charge in [-0.05, 0) is 43.7 Å². The van der Waals surface area contributed by atoms with Crippen LogP contribution in [0.3, 0.4) is 0 Å². The van der Waals surface area contributed by atoms with E-state index in [1.54, 1.807) is 0 Å². The van der Waals surface area contributed by atoms with Crippen molar-refractivity contribution in [1.82, 2.24) is 4.90 Å². The third-order valence-electron chi connectivity index (χ3n) is 3.67. The Morgan fingerprint density at radius 1 is 1.27 bits per heavy atom. The highest BCUT2D eigenvalue weighted by molar-refractivity contribution is 5.92. The molecule has 0 heterocycles. The lowest BCUT2D eigenvalue weighted by Crippen LogP contribution is -2.43. The van der Waals surface area contributed by atoms with Gasteiger partial charge in [-0.2, -0.15) is 8.78 Å². The van der Waals surface area contributed by atoms with Crippen LogP contribution in [0.15, 0.2) is 24.3 Å². The summed E-state index contributed by atoms with van der Waals surface area (Å²) in [5, 5.41) is 2.74. The van der Waals surface area contributed by atoms with Crippen molar-refractivity contribution in [3.8, 4) is 5.75 Å². The van der Waals surface area contributed by atoms with Gasteiger partial charge in [0.2, 0.25) is 5.91 Å². The highest BCUT2D eigenvalue weighted by atomic mass is 19.3. The van der Waals surface area contributed by atoms with Crippen molar-refractivity contribution in [3.63, 3.8) is 0 Å². The Hall–Kier alpha value is -1.69. The fourth-order valence-electron chi connectivity index (χ4n) is 1.94. The lowest BCUT2D eigenvalue weighted by molar-refractivity contribution is -0.117. The SMILES string of the molecule is CC(N(C)CC(=O)Nc1ccc(OC(F)F)cc1)C(C)(C)C. The molecular weight excluding hydrogens is 290 g/mol. The minimum Gasteiger partial charge on any atom is -0.435 e. The smallest absolute Gasteiger partial charge is 0.387 e. The number of likely N-dealkylation sites (N-methyl/N-ethyl adjacent to an activating group) is 1. The van der Waals surface area contributed by atoms with Gasteiger partial charge in [0.1, 0.15) is 5.75 Å². The molecule has 1 unspecified atom stereocenters. The van der Waals surface area contributed by atoms with Gasteiger partial charge in [-0.3, -0.25) is 9.69 Å². The quantitative estimate of drug-likeness (QED) is 0.872. The number of halogens is 2. The summed E-state index contributed by atoms with van der Waals surface area (Å²) < 4.78 is 28.4. The third kappa shape index (κ3) is 5.97. The van der Waals surface area contributed by atoms with Crippen LogP contribution in [0.5, 0.6) is 5.75 Å². The maximum absolute atomic E-state index is 12.0. The van der Waals surface area contributed by atoms with Gasteiger partial charge in [0.05, 0.1) is 6.54 Å². The van der Waals surface area contributed by atoms with E-state index in [0.717, 1.165) is 0 Å². The van der Waals surface area contributed by atoms with Crippen LogP contribution in [0.2, 0.25) is 0 Å². The normalized spacial score (nSPS) is 13.3. The van der Waals surface area contributed by atoms with Gasteiger partial charge in [-0.15, -0.1) is 0 Å². The van der Waals surface area contributed by atoms with Gasteiger partial charge in [0.15, 0.2) is 0 Å². The number of carbonyl (C=O) groups excluding carboxylic acids is 1. The van der Waals surface area contributed by atoms with Crippen molar-refractivity contribution in [2.75, 3.05) is 18.9 Å². The van der Waals surface area contributed by atoms with Crippen LogP contribution in [-0.2, 0) is 4.79 Å². The first-order valence-electron chi connectivity index (χ1n) is 7.14. The minimum atomic E-state index is -2.85. The summed E-state index contributed by atoms with van der Waals surface area (Å²) in [5.74, 6) is -0.0902. The molecule has 1 rings (SSSR count). The molecule has 0 fully saturated rings. The average molecular weight is 314 g/mol. The van der Waals surface area contributed by atoms with Crippen LogP contribution in [-0.4, -0.2) is 37.1 Å². The molecule has 0 bridgehead atoms. The number of hydrogen-bond acceptors (Lipinski definition) is 3. The molecule has 0 radical (unpaired) electrons. The molecule has 1 N–H and O–H groups in total. The molecule has 0 aliphatic rings. The van der Waals surface area contributed by atoms with Crippen molar-refractivity contribution in [2.45, 2.75) is 40.3 Å². The van der Waals surface area contributed by atoms with Gasteiger partial charge >= 0.3 is 6.61 Å². The largest absolute Gasteiger partial charge is 0.435 e. The molecule has 6 heteroatoms. The summed E-state index contributed by atoms with van der Waals surface area (Å²) in [4.78, 5) is 14.0. The predicted octanol–water partition coefficient (Wildman–Crippen LogP) is 3.59. The van der Waals surface area contributed by atoms with E-state index in [2.05, 4.69) is 37.7 Å². The first-order valence-corrected chi connectivity index (χ1v) is 7.14. The molecule has 0 saturated heterocycles. The van der Waals surface area contributed by atoms with E-state index in [-0.39, 0.29) is 29.7 Å². The summed E-state index contributed by atoms with van der Waals surface area (Å²) in [5.41, 5.74) is 0.618. The standard InChI is InChI=1S/C16H24F2N2O2/c1-11(16(2,3)4)20(5)10-14(21)19-12-6-8-13(9-7-12)22-15(17)18/h6-9,11,15H,10H2,1-5H3,(H,19,21). The molecule has 1 amide bonds. The summed E-state index contributed by atoms with van der Waals surface area (Å²) >= 11 is 0. The maximum atomic E-state index is 12.0. The Labute approximate surface area is 130 Å². The first-order chi connectivity index (χ1) is 10.1. The number of ether oxygens (including phenoxy) is 1. The van der Waals surface area contributed by atoms with E-state index in [0.29, 0.717) is 5.69 Å². The van der Waals surface area contributed by atoms with Crippen molar-refractivity contribution in [2.24, 2.45) is 5.41 Å². The van der Waals surface area contributed by atoms with E-state index in [9.17, 15) is 13.6 Å². The number of rotatable bonds is 6. The van der Waals surface area contributed by atoms with Gasteiger partial charge in [0, 0.05) is 11.7 Å². The Balaban J connectivity index is 2.55. The molecule has 1 aromatic carbocycles. The minimum absolute atomic E-state index is 0.0615. The molecule has 1 atom stereocenters. The highest BCUT2D eigenvalue weighted by Crippen LogP contribution is 2.23. The van der Waals surface area contributed by atoms with Gasteiger partial charge in [0.25, 0.3) is 0 Å². The number of benzene rings is 1. The number of nitrogens with zero attached hydrogens (tertiary/aromatic N) is 1. The zero-order valence-corrected chi connectivity index (χ0v) is 13.7. The molecule has 4 nitrogen and oxygen atoms in total.